The first-order chi connectivity index (χ1) is 12.3. The second-order valence-electron chi connectivity index (χ2n) is 6.94. The smallest absolute Gasteiger partial charge is 0.213 e. The van der Waals surface area contributed by atoms with Crippen LogP contribution in [0.4, 0.5) is 0 Å². The summed E-state index contributed by atoms with van der Waals surface area (Å²) in [4.78, 5) is 0. The molecule has 1 fully saturated rings. The van der Waals surface area contributed by atoms with Gasteiger partial charge in [-0.15, -0.1) is 0 Å². The van der Waals surface area contributed by atoms with E-state index >= 15 is 0 Å². The van der Waals surface area contributed by atoms with Crippen LogP contribution >= 0.6 is 0 Å². The summed E-state index contributed by atoms with van der Waals surface area (Å²) in [6.07, 6.45) is 1.80. The zero-order chi connectivity index (χ0) is 16.7. The van der Waals surface area contributed by atoms with Gasteiger partial charge in [0.15, 0.2) is 0 Å². The molecular weight excluding hydrogens is 310 g/mol. The third-order valence-corrected chi connectivity index (χ3v) is 5.30. The molecule has 25 heavy (non-hydrogen) atoms. The maximum atomic E-state index is 6.26. The molecule has 3 heteroatoms. The van der Waals surface area contributed by atoms with Gasteiger partial charge in [0.25, 0.3) is 0 Å². The molecule has 2 aliphatic heterocycles. The Morgan fingerprint density at radius 1 is 0.800 bits per heavy atom. The normalized spacial score (nSPS) is 18.7. The number of ether oxygens (including phenoxy) is 2. The van der Waals surface area contributed by atoms with Crippen molar-refractivity contribution >= 4 is 10.8 Å². The molecule has 0 atom stereocenters. The molecule has 1 spiro atoms. The fourth-order valence-corrected chi connectivity index (χ4v) is 3.83. The van der Waals surface area contributed by atoms with Crippen molar-refractivity contribution in [1.29, 1.82) is 0 Å². The van der Waals surface area contributed by atoms with Crippen LogP contribution < -0.4 is 10.1 Å². The largest absolute Gasteiger partial charge is 0.462 e. The van der Waals surface area contributed by atoms with Gasteiger partial charge in [0.05, 0.1) is 6.61 Å². The lowest BCUT2D eigenvalue weighted by atomic mass is 9.98. The fraction of sp³-hybridized carbons (Fsp3) is 0.273. The van der Waals surface area contributed by atoms with E-state index in [0.717, 1.165) is 37.2 Å². The van der Waals surface area contributed by atoms with Crippen molar-refractivity contribution in [2.24, 2.45) is 0 Å². The number of rotatable bonds is 1. The molecule has 0 saturated carbocycles. The Hall–Kier alpha value is -2.36. The summed E-state index contributed by atoms with van der Waals surface area (Å²) in [5, 5.41) is 5.90. The van der Waals surface area contributed by atoms with Crippen molar-refractivity contribution in [3.63, 3.8) is 0 Å². The molecule has 0 aliphatic carbocycles. The van der Waals surface area contributed by atoms with Crippen LogP contribution in [-0.4, -0.2) is 18.9 Å². The molecule has 1 saturated heterocycles. The molecule has 0 aromatic heterocycles. The summed E-state index contributed by atoms with van der Waals surface area (Å²) in [5.41, 5.74) is 3.57. The minimum atomic E-state index is -0.428. The van der Waals surface area contributed by atoms with Crippen LogP contribution in [0.2, 0.25) is 0 Å². The molecule has 126 valence electrons. The average molecular weight is 331 g/mol. The van der Waals surface area contributed by atoms with Gasteiger partial charge in [-0.2, -0.15) is 0 Å². The Kier molecular flexibility index (Phi) is 3.51. The number of fused-ring (bicyclic) bond motifs is 2. The van der Waals surface area contributed by atoms with Crippen molar-refractivity contribution in [2.75, 3.05) is 13.1 Å². The van der Waals surface area contributed by atoms with Crippen LogP contribution in [0.5, 0.6) is 5.75 Å². The number of piperidine rings is 1. The lowest BCUT2D eigenvalue weighted by Crippen LogP contribution is -2.49. The van der Waals surface area contributed by atoms with Crippen LogP contribution in [-0.2, 0) is 11.3 Å². The van der Waals surface area contributed by atoms with Gasteiger partial charge in [-0.25, -0.2) is 0 Å². The summed E-state index contributed by atoms with van der Waals surface area (Å²) in [6, 6.07) is 21.5. The quantitative estimate of drug-likeness (QED) is 0.712. The van der Waals surface area contributed by atoms with E-state index in [1.807, 2.05) is 0 Å². The second-order valence-corrected chi connectivity index (χ2v) is 6.94. The summed E-state index contributed by atoms with van der Waals surface area (Å²) in [6.45, 7) is 2.52. The predicted molar refractivity (Wildman–Crippen MR) is 99.6 cm³/mol. The molecule has 0 amide bonds. The highest BCUT2D eigenvalue weighted by atomic mass is 16.7. The minimum Gasteiger partial charge on any atom is -0.462 e. The van der Waals surface area contributed by atoms with Gasteiger partial charge in [0.1, 0.15) is 5.75 Å². The van der Waals surface area contributed by atoms with Gasteiger partial charge >= 0.3 is 0 Å². The molecule has 5 rings (SSSR count). The predicted octanol–water partition coefficient (Wildman–Crippen LogP) is 4.50. The molecule has 0 unspecified atom stereocenters. The Balaban J connectivity index is 1.48. The number of nitrogens with one attached hydrogen (secondary N) is 1. The Labute approximate surface area is 147 Å². The van der Waals surface area contributed by atoms with E-state index in [-0.39, 0.29) is 0 Å². The standard InChI is InChI=1S/C22H21NO2/c1-2-4-17-13-18(6-5-16(17)3-1)19-7-8-21-20(14-19)15-24-22(25-21)9-11-23-12-10-22/h1-8,13-14,23H,9-12,15H2. The third kappa shape index (κ3) is 2.70. The van der Waals surface area contributed by atoms with Gasteiger partial charge < -0.3 is 14.8 Å². The molecule has 2 heterocycles. The van der Waals surface area contributed by atoms with Crippen LogP contribution in [0.1, 0.15) is 18.4 Å². The number of hydrogen-bond acceptors (Lipinski definition) is 3. The zero-order valence-corrected chi connectivity index (χ0v) is 14.1. The van der Waals surface area contributed by atoms with Crippen molar-refractivity contribution in [3.8, 4) is 16.9 Å². The highest BCUT2D eigenvalue weighted by molar-refractivity contribution is 5.87. The minimum absolute atomic E-state index is 0.428. The molecule has 1 N–H and O–H groups in total. The highest BCUT2D eigenvalue weighted by Crippen LogP contribution is 2.38. The first-order valence-corrected chi connectivity index (χ1v) is 8.97. The van der Waals surface area contributed by atoms with Crippen LogP contribution in [0.15, 0.2) is 60.7 Å². The van der Waals surface area contributed by atoms with E-state index in [2.05, 4.69) is 66.0 Å². The fourth-order valence-electron chi connectivity index (χ4n) is 3.83. The highest BCUT2D eigenvalue weighted by Gasteiger charge is 2.38. The molecular formula is C22H21NO2. The maximum Gasteiger partial charge on any atom is 0.213 e. The molecule has 0 radical (unpaired) electrons. The summed E-state index contributed by atoms with van der Waals surface area (Å²) >= 11 is 0. The van der Waals surface area contributed by atoms with Gasteiger partial charge in [-0.05, 0) is 40.1 Å². The topological polar surface area (TPSA) is 30.5 Å². The van der Waals surface area contributed by atoms with E-state index in [0.29, 0.717) is 6.61 Å². The molecule has 2 aliphatic rings. The third-order valence-electron chi connectivity index (χ3n) is 5.30. The number of benzene rings is 3. The average Bonchev–Trinajstić information content (AvgIpc) is 2.68. The second kappa shape index (κ2) is 5.87. The van der Waals surface area contributed by atoms with Crippen LogP contribution in [0, 0.1) is 0 Å². The Morgan fingerprint density at radius 3 is 2.44 bits per heavy atom. The van der Waals surface area contributed by atoms with Crippen LogP contribution in [0.3, 0.4) is 0 Å². The molecule has 3 aromatic rings. The maximum absolute atomic E-state index is 6.26. The van der Waals surface area contributed by atoms with Crippen molar-refractivity contribution < 1.29 is 9.47 Å². The monoisotopic (exact) mass is 331 g/mol. The molecule has 3 aromatic carbocycles. The van der Waals surface area contributed by atoms with E-state index < -0.39 is 5.79 Å². The van der Waals surface area contributed by atoms with E-state index in [9.17, 15) is 0 Å². The summed E-state index contributed by atoms with van der Waals surface area (Å²) in [5.74, 6) is 0.542. The SMILES string of the molecule is c1ccc2cc(-c3ccc4c(c3)COC3(CCNCC3)O4)ccc2c1. The van der Waals surface area contributed by atoms with Crippen LogP contribution in [0.25, 0.3) is 21.9 Å². The summed E-state index contributed by atoms with van der Waals surface area (Å²) in [7, 11) is 0. The zero-order valence-electron chi connectivity index (χ0n) is 14.1. The Morgan fingerprint density at radius 2 is 1.56 bits per heavy atom. The van der Waals surface area contributed by atoms with E-state index in [1.54, 1.807) is 0 Å². The lowest BCUT2D eigenvalue weighted by molar-refractivity contribution is -0.218. The van der Waals surface area contributed by atoms with Crippen molar-refractivity contribution in [1.82, 2.24) is 5.32 Å². The first kappa shape index (κ1) is 14.9. The van der Waals surface area contributed by atoms with E-state index in [4.69, 9.17) is 9.47 Å². The van der Waals surface area contributed by atoms with Gasteiger partial charge in [0, 0.05) is 31.5 Å². The van der Waals surface area contributed by atoms with E-state index in [1.165, 1.54) is 21.9 Å². The first-order valence-electron chi connectivity index (χ1n) is 8.97. The molecule has 3 nitrogen and oxygen atoms in total. The van der Waals surface area contributed by atoms with Crippen molar-refractivity contribution in [2.45, 2.75) is 25.2 Å². The lowest BCUT2D eigenvalue weighted by Gasteiger charge is -2.41. The van der Waals surface area contributed by atoms with Crippen molar-refractivity contribution in [3.05, 3.63) is 66.2 Å². The molecule has 0 bridgehead atoms. The summed E-state index contributed by atoms with van der Waals surface area (Å²) < 4.78 is 12.4. The van der Waals surface area contributed by atoms with Gasteiger partial charge in [-0.3, -0.25) is 0 Å². The Bertz CT molecular complexity index is 928. The number of hydrogen-bond donors (Lipinski definition) is 1. The van der Waals surface area contributed by atoms with Gasteiger partial charge in [0.2, 0.25) is 5.79 Å². The van der Waals surface area contributed by atoms with Gasteiger partial charge in [-0.1, -0.05) is 42.5 Å².